The van der Waals surface area contributed by atoms with Gasteiger partial charge in [0.05, 0.1) is 21.6 Å². The lowest BCUT2D eigenvalue weighted by Gasteiger charge is -2.30. The Labute approximate surface area is 256 Å². The van der Waals surface area contributed by atoms with Gasteiger partial charge < -0.3 is 15.5 Å². The number of nitrogens with zero attached hydrogens (tertiary/aromatic N) is 4. The summed E-state index contributed by atoms with van der Waals surface area (Å²) in [6.07, 6.45) is -2.81. The Hall–Kier alpha value is -4.64. The van der Waals surface area contributed by atoms with Crippen LogP contribution in [0.2, 0.25) is 0 Å². The van der Waals surface area contributed by atoms with Crippen molar-refractivity contribution in [3.05, 3.63) is 62.3 Å². The number of benzene rings is 1. The van der Waals surface area contributed by atoms with Crippen LogP contribution in [0.4, 0.5) is 14.5 Å². The molecule has 2 aliphatic heterocycles. The van der Waals surface area contributed by atoms with Crippen LogP contribution in [0.1, 0.15) is 73.9 Å². The van der Waals surface area contributed by atoms with Gasteiger partial charge in [0.25, 0.3) is 24.1 Å². The first-order valence-corrected chi connectivity index (χ1v) is 15.1. The highest BCUT2D eigenvalue weighted by atomic mass is 32.1. The molecule has 1 aromatic carbocycles. The maximum atomic E-state index is 13.7. The minimum Gasteiger partial charge on any atom is -0.383 e. The molecule has 0 bridgehead atoms. The second kappa shape index (κ2) is 12.9. The lowest BCUT2D eigenvalue weighted by Crippen LogP contribution is -2.54. The van der Waals surface area contributed by atoms with Crippen LogP contribution < -0.4 is 16.0 Å². The topological polar surface area (TPSA) is 171 Å². The first-order chi connectivity index (χ1) is 21.1. The molecule has 230 valence electrons. The van der Waals surface area contributed by atoms with Crippen LogP contribution in [-0.2, 0) is 14.4 Å². The summed E-state index contributed by atoms with van der Waals surface area (Å²) in [4.78, 5) is 79.2. The van der Waals surface area contributed by atoms with Gasteiger partial charge in [-0.05, 0) is 43.1 Å². The minimum absolute atomic E-state index is 0.00147. The summed E-state index contributed by atoms with van der Waals surface area (Å²) in [5, 5.41) is 14.6. The number of piperidine rings is 1. The van der Waals surface area contributed by atoms with Gasteiger partial charge in [0.2, 0.25) is 17.7 Å². The zero-order chi connectivity index (χ0) is 31.5. The summed E-state index contributed by atoms with van der Waals surface area (Å²) in [6.45, 7) is 1.75. The van der Waals surface area contributed by atoms with Crippen LogP contribution in [0.15, 0.2) is 35.0 Å². The predicted octanol–water partition coefficient (Wildman–Crippen LogP) is 2.37. The number of aromatic nitrogens is 2. The zero-order valence-corrected chi connectivity index (χ0v) is 24.7. The summed E-state index contributed by atoms with van der Waals surface area (Å²) in [6, 6.07) is 3.21. The van der Waals surface area contributed by atoms with Gasteiger partial charge in [-0.1, -0.05) is 10.6 Å². The van der Waals surface area contributed by atoms with Gasteiger partial charge in [0.15, 0.2) is 6.04 Å². The molecule has 5 rings (SSSR count). The number of nitrogens with one attached hydrogen (secondary N) is 3. The van der Waals surface area contributed by atoms with E-state index < -0.39 is 54.0 Å². The Morgan fingerprint density at radius 1 is 1.18 bits per heavy atom. The third-order valence-electron chi connectivity index (χ3n) is 7.05. The third kappa shape index (κ3) is 5.92. The van der Waals surface area contributed by atoms with E-state index in [0.29, 0.717) is 0 Å². The second-order valence-electron chi connectivity index (χ2n) is 9.77. The molecule has 2 unspecified atom stereocenters. The van der Waals surface area contributed by atoms with Crippen molar-refractivity contribution >= 4 is 64.0 Å². The molecule has 6 amide bonds. The van der Waals surface area contributed by atoms with E-state index in [1.54, 1.807) is 19.1 Å². The quantitative estimate of drug-likeness (QED) is 0.265. The molecule has 4 heterocycles. The number of fused-ring (bicyclic) bond motifs is 1. The van der Waals surface area contributed by atoms with Crippen molar-refractivity contribution < 1.29 is 37.5 Å². The van der Waals surface area contributed by atoms with Gasteiger partial charge in [-0.15, -0.1) is 16.4 Å². The molecule has 2 aromatic heterocycles. The molecule has 0 aliphatic carbocycles. The normalized spacial score (nSPS) is 17.0. The average molecular weight is 646 g/mol. The molecule has 2 aliphatic rings. The molecule has 44 heavy (non-hydrogen) atoms. The Balaban J connectivity index is 1.41. The summed E-state index contributed by atoms with van der Waals surface area (Å²) >= 11 is 1.69. The molecule has 0 radical (unpaired) electrons. The van der Waals surface area contributed by atoms with Crippen molar-refractivity contribution in [2.45, 2.75) is 38.3 Å². The van der Waals surface area contributed by atoms with Crippen LogP contribution >= 0.6 is 22.9 Å². The fraction of sp³-hybridized carbons (Fsp3) is 0.333. The number of rotatable bonds is 11. The van der Waals surface area contributed by atoms with Crippen LogP contribution in [0.3, 0.4) is 0 Å². The number of imide groups is 2. The van der Waals surface area contributed by atoms with Gasteiger partial charge in [-0.3, -0.25) is 39.0 Å². The number of carbonyl (C=O) groups excluding carboxylic acids is 6. The highest BCUT2D eigenvalue weighted by Crippen LogP contribution is 2.33. The van der Waals surface area contributed by atoms with Crippen molar-refractivity contribution in [1.29, 1.82) is 0 Å². The minimum atomic E-state index is -2.78. The summed E-state index contributed by atoms with van der Waals surface area (Å²) < 4.78 is 30.4. The van der Waals surface area contributed by atoms with E-state index in [9.17, 15) is 37.5 Å². The van der Waals surface area contributed by atoms with Crippen molar-refractivity contribution in [1.82, 2.24) is 30.0 Å². The standard InChI is InChI=1S/C27H25F2N7O6S2/c1-2-30-24(39)21(16-12-44-34-33-16)35(25(40)13-10-18(22(28)29)43-11-13)9-8-31-15-5-3-4-14-20(15)27(42)36(26(14)41)17-6-7-19(37)32-23(17)38/h3-5,10-12,17,21-22,31H,2,6-9H2,1H3,(H,30,39)(H,32,37,38). The molecule has 17 heteroatoms. The Morgan fingerprint density at radius 2 is 1.98 bits per heavy atom. The van der Waals surface area contributed by atoms with Gasteiger partial charge in [0, 0.05) is 42.5 Å². The Kier molecular flexibility index (Phi) is 9.05. The molecule has 2 atom stereocenters. The van der Waals surface area contributed by atoms with Crippen molar-refractivity contribution in [2.75, 3.05) is 25.0 Å². The first kappa shape index (κ1) is 30.8. The SMILES string of the molecule is CCNC(=O)C(c1csnn1)N(CCNc1cccc2c1C(=O)N(C1CCC(=O)NC1=O)C2=O)C(=O)c1csc(C(F)F)c1. The Morgan fingerprint density at radius 3 is 2.64 bits per heavy atom. The number of thiophene rings is 1. The second-order valence-corrected chi connectivity index (χ2v) is 11.3. The maximum absolute atomic E-state index is 13.7. The number of carbonyl (C=O) groups is 6. The fourth-order valence-electron chi connectivity index (χ4n) is 5.06. The van der Waals surface area contributed by atoms with E-state index in [1.165, 1.54) is 21.7 Å². The summed E-state index contributed by atoms with van der Waals surface area (Å²) in [7, 11) is 0. The molecule has 0 saturated carbocycles. The molecule has 1 fully saturated rings. The highest BCUT2D eigenvalue weighted by molar-refractivity contribution is 7.10. The first-order valence-electron chi connectivity index (χ1n) is 13.4. The smallest absolute Gasteiger partial charge is 0.272 e. The highest BCUT2D eigenvalue weighted by Gasteiger charge is 2.45. The molecule has 3 aromatic rings. The third-order valence-corrected chi connectivity index (χ3v) is 8.51. The lowest BCUT2D eigenvalue weighted by molar-refractivity contribution is -0.136. The van der Waals surface area contributed by atoms with Crippen LogP contribution in [-0.4, -0.2) is 80.5 Å². The fourth-order valence-corrected chi connectivity index (χ4v) is 6.27. The number of hydrogen-bond acceptors (Lipinski definition) is 11. The van der Waals surface area contributed by atoms with Crippen molar-refractivity contribution in [3.8, 4) is 0 Å². The largest absolute Gasteiger partial charge is 0.383 e. The Bertz CT molecular complexity index is 1630. The van der Waals surface area contributed by atoms with E-state index in [1.807, 2.05) is 0 Å². The molecule has 1 saturated heterocycles. The number of hydrogen-bond donors (Lipinski definition) is 3. The van der Waals surface area contributed by atoms with E-state index in [-0.39, 0.29) is 65.4 Å². The number of anilines is 1. The van der Waals surface area contributed by atoms with Crippen LogP contribution in [0, 0.1) is 0 Å². The average Bonchev–Trinajstić information content (AvgIpc) is 3.75. The van der Waals surface area contributed by atoms with Crippen molar-refractivity contribution in [2.24, 2.45) is 0 Å². The number of likely N-dealkylation sites (N-methyl/N-ethyl adjacent to an activating group) is 1. The van der Waals surface area contributed by atoms with Gasteiger partial charge in [0.1, 0.15) is 11.7 Å². The molecule has 3 N–H and O–H groups in total. The molecule has 0 spiro atoms. The number of amides is 6. The number of alkyl halides is 2. The van der Waals surface area contributed by atoms with Gasteiger partial charge >= 0.3 is 0 Å². The monoisotopic (exact) mass is 645 g/mol. The van der Waals surface area contributed by atoms with E-state index in [0.717, 1.165) is 33.8 Å². The molecular weight excluding hydrogens is 620 g/mol. The van der Waals surface area contributed by atoms with E-state index in [2.05, 4.69) is 25.5 Å². The lowest BCUT2D eigenvalue weighted by atomic mass is 10.0. The van der Waals surface area contributed by atoms with Gasteiger partial charge in [-0.2, -0.15) is 0 Å². The van der Waals surface area contributed by atoms with Gasteiger partial charge in [-0.25, -0.2) is 8.78 Å². The van der Waals surface area contributed by atoms with Crippen LogP contribution in [0.25, 0.3) is 0 Å². The number of halogens is 2. The maximum Gasteiger partial charge on any atom is 0.272 e. The summed E-state index contributed by atoms with van der Waals surface area (Å²) in [5.41, 5.74) is 0.458. The van der Waals surface area contributed by atoms with E-state index >= 15 is 0 Å². The van der Waals surface area contributed by atoms with Crippen LogP contribution in [0.5, 0.6) is 0 Å². The summed E-state index contributed by atoms with van der Waals surface area (Å²) in [5.74, 6) is -3.89. The van der Waals surface area contributed by atoms with E-state index in [4.69, 9.17) is 0 Å². The zero-order valence-electron chi connectivity index (χ0n) is 23.0. The molecule has 13 nitrogen and oxygen atoms in total. The van der Waals surface area contributed by atoms with Crippen molar-refractivity contribution in [3.63, 3.8) is 0 Å². The molecular formula is C27H25F2N7O6S2. The predicted molar refractivity (Wildman–Crippen MR) is 153 cm³/mol.